The third kappa shape index (κ3) is 5.07. The summed E-state index contributed by atoms with van der Waals surface area (Å²) in [7, 11) is 0. The largest absolute Gasteiger partial charge is 0.468 e. The minimum atomic E-state index is -0.862. The molecule has 0 saturated heterocycles. The van der Waals surface area contributed by atoms with Crippen molar-refractivity contribution in [2.75, 3.05) is 6.54 Å². The van der Waals surface area contributed by atoms with Crippen LogP contribution in [0.4, 0.5) is 4.79 Å². The molecule has 0 aromatic carbocycles. The summed E-state index contributed by atoms with van der Waals surface area (Å²) in [5.74, 6) is 0.267. The number of primary amides is 1. The lowest BCUT2D eigenvalue weighted by atomic mass is 10.2. The zero-order chi connectivity index (χ0) is 15.1. The Kier molecular flexibility index (Phi) is 5.05. The predicted molar refractivity (Wildman–Crippen MR) is 74.8 cm³/mol. The molecule has 0 aliphatic heterocycles. The molecule has 0 bridgehead atoms. The van der Waals surface area contributed by atoms with E-state index in [1.54, 1.807) is 24.7 Å². The van der Waals surface area contributed by atoms with E-state index in [0.29, 0.717) is 13.1 Å². The van der Waals surface area contributed by atoms with E-state index in [4.69, 9.17) is 10.2 Å². The highest BCUT2D eigenvalue weighted by Gasteiger charge is 2.14. The second kappa shape index (κ2) is 7.20. The van der Waals surface area contributed by atoms with Crippen molar-refractivity contribution >= 4 is 11.9 Å². The Balaban J connectivity index is 2.02. The first-order chi connectivity index (χ1) is 10.1. The number of rotatable bonds is 6. The maximum atomic E-state index is 11.7. The molecule has 2 heterocycles. The number of carbonyl (C=O) groups excluding carboxylic acids is 2. The standard InChI is InChI=1S/C14H16N4O3/c15-14(20)17-13(19)10-18(9-12-4-2-6-21-12)8-11-3-1-5-16-7-11/h1-7H,8-10H2,(H3,15,17,19,20). The summed E-state index contributed by atoms with van der Waals surface area (Å²) in [5.41, 5.74) is 5.89. The van der Waals surface area contributed by atoms with Gasteiger partial charge in [-0.25, -0.2) is 4.79 Å². The van der Waals surface area contributed by atoms with E-state index in [-0.39, 0.29) is 6.54 Å². The molecule has 0 spiro atoms. The highest BCUT2D eigenvalue weighted by atomic mass is 16.3. The molecule has 3 amide bonds. The van der Waals surface area contributed by atoms with E-state index in [0.717, 1.165) is 11.3 Å². The fourth-order valence-electron chi connectivity index (χ4n) is 1.92. The Labute approximate surface area is 121 Å². The highest BCUT2D eigenvalue weighted by molar-refractivity contribution is 5.94. The number of hydrogen-bond donors (Lipinski definition) is 2. The van der Waals surface area contributed by atoms with Gasteiger partial charge in [0.25, 0.3) is 0 Å². The summed E-state index contributed by atoms with van der Waals surface area (Å²) < 4.78 is 5.28. The van der Waals surface area contributed by atoms with Crippen LogP contribution in [0.2, 0.25) is 0 Å². The molecule has 0 atom stereocenters. The monoisotopic (exact) mass is 288 g/mol. The molecule has 0 saturated carbocycles. The number of nitrogens with two attached hydrogens (primary N) is 1. The van der Waals surface area contributed by atoms with Crippen molar-refractivity contribution in [2.45, 2.75) is 13.1 Å². The Morgan fingerprint density at radius 3 is 2.76 bits per heavy atom. The number of nitrogens with zero attached hydrogens (tertiary/aromatic N) is 2. The molecule has 0 radical (unpaired) electrons. The normalized spacial score (nSPS) is 10.5. The topological polar surface area (TPSA) is 101 Å². The smallest absolute Gasteiger partial charge is 0.318 e. The Morgan fingerprint density at radius 1 is 1.29 bits per heavy atom. The van der Waals surface area contributed by atoms with Gasteiger partial charge in [0.05, 0.1) is 19.4 Å². The summed E-state index contributed by atoms with van der Waals surface area (Å²) in [4.78, 5) is 28.3. The summed E-state index contributed by atoms with van der Waals surface area (Å²) >= 11 is 0. The Hall–Kier alpha value is -2.67. The maximum absolute atomic E-state index is 11.7. The van der Waals surface area contributed by atoms with E-state index in [1.807, 2.05) is 23.1 Å². The van der Waals surface area contributed by atoms with Gasteiger partial charge < -0.3 is 10.2 Å². The van der Waals surface area contributed by atoms with Gasteiger partial charge in [0, 0.05) is 18.9 Å². The van der Waals surface area contributed by atoms with Crippen molar-refractivity contribution in [3.05, 3.63) is 54.2 Å². The van der Waals surface area contributed by atoms with Crippen LogP contribution in [0.3, 0.4) is 0 Å². The first kappa shape index (κ1) is 14.7. The van der Waals surface area contributed by atoms with Crippen molar-refractivity contribution in [3.63, 3.8) is 0 Å². The van der Waals surface area contributed by atoms with Gasteiger partial charge in [0.15, 0.2) is 0 Å². The third-order valence-corrected chi connectivity index (χ3v) is 2.72. The summed E-state index contributed by atoms with van der Waals surface area (Å²) in [6.45, 7) is 0.966. The van der Waals surface area contributed by atoms with Gasteiger partial charge in [-0.15, -0.1) is 0 Å². The first-order valence-corrected chi connectivity index (χ1v) is 6.36. The minimum absolute atomic E-state index is 0.0263. The van der Waals surface area contributed by atoms with Crippen molar-refractivity contribution in [3.8, 4) is 0 Å². The number of pyridine rings is 1. The summed E-state index contributed by atoms with van der Waals surface area (Å²) in [6.07, 6.45) is 4.97. The molecule has 110 valence electrons. The van der Waals surface area contributed by atoms with Crippen LogP contribution in [0.5, 0.6) is 0 Å². The molecule has 3 N–H and O–H groups in total. The lowest BCUT2D eigenvalue weighted by molar-refractivity contribution is -0.121. The predicted octanol–water partition coefficient (Wildman–Crippen LogP) is 0.872. The summed E-state index contributed by atoms with van der Waals surface area (Å²) in [6, 6.07) is 6.47. The third-order valence-electron chi connectivity index (χ3n) is 2.72. The van der Waals surface area contributed by atoms with Crippen LogP contribution >= 0.6 is 0 Å². The van der Waals surface area contributed by atoms with Gasteiger partial charge in [-0.1, -0.05) is 6.07 Å². The van der Waals surface area contributed by atoms with Gasteiger partial charge in [0.2, 0.25) is 5.91 Å². The van der Waals surface area contributed by atoms with E-state index in [2.05, 4.69) is 10.3 Å². The number of urea groups is 1. The van der Waals surface area contributed by atoms with Crippen molar-refractivity contribution in [1.82, 2.24) is 15.2 Å². The van der Waals surface area contributed by atoms with E-state index < -0.39 is 11.9 Å². The molecule has 0 unspecified atom stereocenters. The van der Waals surface area contributed by atoms with Crippen molar-refractivity contribution in [2.24, 2.45) is 5.73 Å². The molecule has 2 aromatic rings. The van der Waals surface area contributed by atoms with Gasteiger partial charge >= 0.3 is 6.03 Å². The first-order valence-electron chi connectivity index (χ1n) is 6.36. The summed E-state index contributed by atoms with van der Waals surface area (Å²) in [5, 5.41) is 2.05. The fraction of sp³-hybridized carbons (Fsp3) is 0.214. The molecule has 2 rings (SSSR count). The number of furan rings is 1. The molecule has 0 aliphatic rings. The SMILES string of the molecule is NC(=O)NC(=O)CN(Cc1cccnc1)Cc1ccco1. The number of aromatic nitrogens is 1. The van der Waals surface area contributed by atoms with Crippen LogP contribution in [0, 0.1) is 0 Å². The lowest BCUT2D eigenvalue weighted by Gasteiger charge is -2.20. The molecule has 0 aliphatic carbocycles. The number of amides is 3. The number of imide groups is 1. The fourth-order valence-corrected chi connectivity index (χ4v) is 1.92. The van der Waals surface area contributed by atoms with Crippen LogP contribution in [0.1, 0.15) is 11.3 Å². The van der Waals surface area contributed by atoms with Crippen LogP contribution in [-0.4, -0.2) is 28.4 Å². The Morgan fingerprint density at radius 2 is 2.14 bits per heavy atom. The van der Waals surface area contributed by atoms with Crippen LogP contribution in [0.15, 0.2) is 47.3 Å². The zero-order valence-corrected chi connectivity index (χ0v) is 11.4. The number of carbonyl (C=O) groups is 2. The average molecular weight is 288 g/mol. The van der Waals surface area contributed by atoms with Gasteiger partial charge in [0.1, 0.15) is 5.76 Å². The molecule has 7 nitrogen and oxygen atoms in total. The van der Waals surface area contributed by atoms with E-state index >= 15 is 0 Å². The second-order valence-corrected chi connectivity index (χ2v) is 4.50. The van der Waals surface area contributed by atoms with Crippen LogP contribution < -0.4 is 11.1 Å². The molecule has 0 fully saturated rings. The number of hydrogen-bond acceptors (Lipinski definition) is 5. The zero-order valence-electron chi connectivity index (χ0n) is 11.4. The van der Waals surface area contributed by atoms with E-state index in [9.17, 15) is 9.59 Å². The minimum Gasteiger partial charge on any atom is -0.468 e. The van der Waals surface area contributed by atoms with Gasteiger partial charge in [-0.3, -0.25) is 20.0 Å². The maximum Gasteiger partial charge on any atom is 0.318 e. The molecular formula is C14H16N4O3. The van der Waals surface area contributed by atoms with Gasteiger partial charge in [-0.2, -0.15) is 0 Å². The quantitative estimate of drug-likeness (QED) is 0.821. The average Bonchev–Trinajstić information content (AvgIpc) is 2.91. The lowest BCUT2D eigenvalue weighted by Crippen LogP contribution is -2.41. The van der Waals surface area contributed by atoms with Crippen LogP contribution in [-0.2, 0) is 17.9 Å². The number of nitrogens with one attached hydrogen (secondary N) is 1. The highest BCUT2D eigenvalue weighted by Crippen LogP contribution is 2.09. The van der Waals surface area contributed by atoms with Crippen LogP contribution in [0.25, 0.3) is 0 Å². The molecule has 7 heteroatoms. The van der Waals surface area contributed by atoms with Gasteiger partial charge in [-0.05, 0) is 23.8 Å². The second-order valence-electron chi connectivity index (χ2n) is 4.50. The molecular weight excluding hydrogens is 272 g/mol. The Bertz CT molecular complexity index is 584. The van der Waals surface area contributed by atoms with E-state index in [1.165, 1.54) is 0 Å². The van der Waals surface area contributed by atoms with Crippen molar-refractivity contribution < 1.29 is 14.0 Å². The van der Waals surface area contributed by atoms with Crippen molar-refractivity contribution in [1.29, 1.82) is 0 Å². The molecule has 2 aromatic heterocycles. The molecule has 21 heavy (non-hydrogen) atoms.